The normalized spacial score (nSPS) is 10.4. The number of para-hydroxylation sites is 1. The van der Waals surface area contributed by atoms with Gasteiger partial charge < -0.3 is 4.74 Å². The van der Waals surface area contributed by atoms with Crippen LogP contribution in [0, 0.1) is 20.8 Å². The Morgan fingerprint density at radius 3 is 2.44 bits per heavy atom. The minimum absolute atomic E-state index is 0.00713. The summed E-state index contributed by atoms with van der Waals surface area (Å²) in [5.41, 5.74) is 2.87. The number of ether oxygens (including phenoxy) is 1. The minimum atomic E-state index is -0.175. The maximum atomic E-state index is 11.8. The third kappa shape index (κ3) is 2.59. The smallest absolute Gasteiger partial charge is 0.284 e. The number of carbonyl (C=O) groups is 1. The van der Waals surface area contributed by atoms with Gasteiger partial charge in [0.05, 0.1) is 5.69 Å². The zero-order valence-corrected chi connectivity index (χ0v) is 10.8. The van der Waals surface area contributed by atoms with Gasteiger partial charge in [-0.2, -0.15) is 5.10 Å². The molecule has 0 amide bonds. The van der Waals surface area contributed by atoms with Gasteiger partial charge in [0, 0.05) is 6.20 Å². The van der Waals surface area contributed by atoms with Crippen molar-refractivity contribution in [3.63, 3.8) is 0 Å². The van der Waals surface area contributed by atoms with Gasteiger partial charge in [0.2, 0.25) is 0 Å². The maximum Gasteiger partial charge on any atom is 0.284 e. The Morgan fingerprint density at radius 1 is 1.22 bits per heavy atom. The highest BCUT2D eigenvalue weighted by molar-refractivity contribution is 5.79. The lowest BCUT2D eigenvalue weighted by atomic mass is 10.1. The first-order chi connectivity index (χ1) is 8.58. The molecule has 0 spiro atoms. The summed E-state index contributed by atoms with van der Waals surface area (Å²) in [5, 5.41) is 4.05. The fourth-order valence-corrected chi connectivity index (χ4v) is 1.78. The standard InChI is InChI=1S/C14H16N2O2/c1-10-5-4-6-11(2)14(10)18-9-13(17)16-8-7-12(3)15-16/h4-8H,9H2,1-3H3. The van der Waals surface area contributed by atoms with Gasteiger partial charge in [0.15, 0.2) is 6.61 Å². The second kappa shape index (κ2) is 5.04. The molecule has 18 heavy (non-hydrogen) atoms. The van der Waals surface area contributed by atoms with Crippen molar-refractivity contribution in [3.8, 4) is 5.75 Å². The molecule has 1 aromatic heterocycles. The largest absolute Gasteiger partial charge is 0.483 e. The van der Waals surface area contributed by atoms with E-state index in [9.17, 15) is 4.79 Å². The van der Waals surface area contributed by atoms with E-state index in [1.165, 1.54) is 4.68 Å². The van der Waals surface area contributed by atoms with Crippen LogP contribution in [0.5, 0.6) is 5.75 Å². The molecule has 1 aromatic carbocycles. The van der Waals surface area contributed by atoms with Crippen molar-refractivity contribution in [2.24, 2.45) is 0 Å². The number of benzene rings is 1. The Hall–Kier alpha value is -2.10. The number of aromatic nitrogens is 2. The Bertz CT molecular complexity index is 553. The summed E-state index contributed by atoms with van der Waals surface area (Å²) < 4.78 is 6.89. The van der Waals surface area contributed by atoms with Crippen LogP contribution in [0.25, 0.3) is 0 Å². The van der Waals surface area contributed by atoms with Crippen LogP contribution in [-0.4, -0.2) is 22.3 Å². The van der Waals surface area contributed by atoms with Crippen LogP contribution in [0.3, 0.4) is 0 Å². The van der Waals surface area contributed by atoms with Crippen molar-refractivity contribution in [1.29, 1.82) is 0 Å². The van der Waals surface area contributed by atoms with Gasteiger partial charge >= 0.3 is 0 Å². The van der Waals surface area contributed by atoms with Crippen LogP contribution in [0.1, 0.15) is 21.6 Å². The van der Waals surface area contributed by atoms with Crippen molar-refractivity contribution >= 4 is 5.91 Å². The number of rotatable bonds is 3. The molecule has 0 unspecified atom stereocenters. The molecule has 0 saturated carbocycles. The molecule has 0 aliphatic carbocycles. The lowest BCUT2D eigenvalue weighted by Crippen LogP contribution is -2.20. The predicted molar refractivity (Wildman–Crippen MR) is 69.0 cm³/mol. The molecule has 4 heteroatoms. The van der Waals surface area contributed by atoms with Crippen LogP contribution in [-0.2, 0) is 0 Å². The van der Waals surface area contributed by atoms with Crippen molar-refractivity contribution in [2.45, 2.75) is 20.8 Å². The molecule has 2 rings (SSSR count). The molecule has 0 fully saturated rings. The van der Waals surface area contributed by atoms with E-state index >= 15 is 0 Å². The lowest BCUT2D eigenvalue weighted by molar-refractivity contribution is 0.0820. The number of hydrogen-bond acceptors (Lipinski definition) is 3. The molecule has 0 N–H and O–H groups in total. The van der Waals surface area contributed by atoms with E-state index in [-0.39, 0.29) is 12.5 Å². The van der Waals surface area contributed by atoms with E-state index in [2.05, 4.69) is 5.10 Å². The molecule has 0 atom stereocenters. The monoisotopic (exact) mass is 244 g/mol. The molecule has 94 valence electrons. The van der Waals surface area contributed by atoms with Crippen molar-refractivity contribution in [1.82, 2.24) is 9.78 Å². The molecule has 0 bridgehead atoms. The van der Waals surface area contributed by atoms with Crippen LogP contribution < -0.4 is 4.74 Å². The van der Waals surface area contributed by atoms with Gasteiger partial charge in [-0.15, -0.1) is 0 Å². The van der Waals surface area contributed by atoms with Crippen LogP contribution >= 0.6 is 0 Å². The minimum Gasteiger partial charge on any atom is -0.483 e. The van der Waals surface area contributed by atoms with Crippen LogP contribution in [0.15, 0.2) is 30.5 Å². The predicted octanol–water partition coefficient (Wildman–Crippen LogP) is 2.53. The average Bonchev–Trinajstić information content (AvgIpc) is 2.75. The molecule has 1 heterocycles. The average molecular weight is 244 g/mol. The van der Waals surface area contributed by atoms with Gasteiger partial charge in [0.25, 0.3) is 5.91 Å². The topological polar surface area (TPSA) is 44.1 Å². The molecule has 0 radical (unpaired) electrons. The number of carbonyl (C=O) groups excluding carboxylic acids is 1. The van der Waals surface area contributed by atoms with Gasteiger partial charge in [0.1, 0.15) is 5.75 Å². The SMILES string of the molecule is Cc1ccn(C(=O)COc2c(C)cccc2C)n1. The Balaban J connectivity index is 2.06. The molecule has 2 aromatic rings. The summed E-state index contributed by atoms with van der Waals surface area (Å²) in [5.74, 6) is 0.598. The van der Waals surface area contributed by atoms with Gasteiger partial charge in [-0.1, -0.05) is 18.2 Å². The van der Waals surface area contributed by atoms with Crippen LogP contribution in [0.2, 0.25) is 0 Å². The van der Waals surface area contributed by atoms with E-state index in [1.807, 2.05) is 39.0 Å². The number of aryl methyl sites for hydroxylation is 3. The first-order valence-corrected chi connectivity index (χ1v) is 5.82. The quantitative estimate of drug-likeness (QED) is 0.833. The van der Waals surface area contributed by atoms with Crippen LogP contribution in [0.4, 0.5) is 0 Å². The van der Waals surface area contributed by atoms with E-state index in [0.717, 1.165) is 22.6 Å². The maximum absolute atomic E-state index is 11.8. The molecular weight excluding hydrogens is 228 g/mol. The highest BCUT2D eigenvalue weighted by atomic mass is 16.5. The Labute approximate surface area is 106 Å². The lowest BCUT2D eigenvalue weighted by Gasteiger charge is -2.10. The summed E-state index contributed by atoms with van der Waals surface area (Å²) in [6.45, 7) is 5.76. The van der Waals surface area contributed by atoms with Crippen molar-refractivity contribution < 1.29 is 9.53 Å². The van der Waals surface area contributed by atoms with Crippen molar-refractivity contribution in [3.05, 3.63) is 47.3 Å². The molecular formula is C14H16N2O2. The summed E-state index contributed by atoms with van der Waals surface area (Å²) in [6, 6.07) is 7.68. The second-order valence-corrected chi connectivity index (χ2v) is 4.31. The molecule has 4 nitrogen and oxygen atoms in total. The van der Waals surface area contributed by atoms with Crippen molar-refractivity contribution in [2.75, 3.05) is 6.61 Å². The van der Waals surface area contributed by atoms with E-state index in [1.54, 1.807) is 12.3 Å². The Morgan fingerprint density at radius 2 is 1.89 bits per heavy atom. The van der Waals surface area contributed by atoms with E-state index < -0.39 is 0 Å². The molecule has 0 saturated heterocycles. The summed E-state index contributed by atoms with van der Waals surface area (Å²) in [6.07, 6.45) is 1.64. The first kappa shape index (κ1) is 12.4. The number of hydrogen-bond donors (Lipinski definition) is 0. The van der Waals surface area contributed by atoms with Gasteiger partial charge in [-0.05, 0) is 38.0 Å². The zero-order chi connectivity index (χ0) is 13.1. The fourth-order valence-electron chi connectivity index (χ4n) is 1.78. The molecule has 0 aliphatic rings. The third-order valence-corrected chi connectivity index (χ3v) is 2.73. The van der Waals surface area contributed by atoms with E-state index in [4.69, 9.17) is 4.74 Å². The van der Waals surface area contributed by atoms with Gasteiger partial charge in [-0.3, -0.25) is 4.79 Å². The highest BCUT2D eigenvalue weighted by Crippen LogP contribution is 2.22. The molecule has 0 aliphatic heterocycles. The summed E-state index contributed by atoms with van der Waals surface area (Å²) in [7, 11) is 0. The zero-order valence-electron chi connectivity index (χ0n) is 10.8. The third-order valence-electron chi connectivity index (χ3n) is 2.73. The number of nitrogens with zero attached hydrogens (tertiary/aromatic N) is 2. The first-order valence-electron chi connectivity index (χ1n) is 5.82. The second-order valence-electron chi connectivity index (χ2n) is 4.31. The van der Waals surface area contributed by atoms with E-state index in [0.29, 0.717) is 0 Å². The fraction of sp³-hybridized carbons (Fsp3) is 0.286. The summed E-state index contributed by atoms with van der Waals surface area (Å²) in [4.78, 5) is 11.8. The Kier molecular flexibility index (Phi) is 3.46. The van der Waals surface area contributed by atoms with Gasteiger partial charge in [-0.25, -0.2) is 4.68 Å². The summed E-state index contributed by atoms with van der Waals surface area (Å²) >= 11 is 0. The highest BCUT2D eigenvalue weighted by Gasteiger charge is 2.09.